The van der Waals surface area contributed by atoms with E-state index in [-0.39, 0.29) is 23.8 Å². The zero-order chi connectivity index (χ0) is 32.6. The number of carbonyl (C=O) groups is 2. The van der Waals surface area contributed by atoms with Gasteiger partial charge in [0.2, 0.25) is 11.8 Å². The van der Waals surface area contributed by atoms with Gasteiger partial charge in [0.15, 0.2) is 0 Å². The van der Waals surface area contributed by atoms with Gasteiger partial charge in [0.05, 0.1) is 10.6 Å². The molecule has 0 aliphatic carbocycles. The highest BCUT2D eigenvalue weighted by atomic mass is 35.5. The number of halogens is 3. The second-order valence-corrected chi connectivity index (χ2v) is 13.6. The van der Waals surface area contributed by atoms with Crippen LogP contribution in [0.3, 0.4) is 0 Å². The van der Waals surface area contributed by atoms with E-state index < -0.39 is 28.5 Å². The van der Waals surface area contributed by atoms with Gasteiger partial charge in [-0.15, -0.1) is 0 Å². The smallest absolute Gasteiger partial charge is 0.264 e. The third-order valence-electron chi connectivity index (χ3n) is 7.24. The van der Waals surface area contributed by atoms with Gasteiger partial charge in [0.25, 0.3) is 10.0 Å². The van der Waals surface area contributed by atoms with Gasteiger partial charge in [-0.2, -0.15) is 0 Å². The van der Waals surface area contributed by atoms with E-state index in [0.29, 0.717) is 44.8 Å². The van der Waals surface area contributed by atoms with Crippen molar-refractivity contribution in [3.8, 4) is 0 Å². The first-order chi connectivity index (χ1) is 21.5. The normalized spacial score (nSPS) is 11.9. The summed E-state index contributed by atoms with van der Waals surface area (Å²) in [6.07, 6.45) is 0.892. The van der Waals surface area contributed by atoms with Crippen molar-refractivity contribution in [2.45, 2.75) is 44.2 Å². The zero-order valence-electron chi connectivity index (χ0n) is 24.9. The molecule has 4 aromatic rings. The number of nitrogens with zero attached hydrogens (tertiary/aromatic N) is 2. The Bertz CT molecular complexity index is 1740. The molecule has 236 valence electrons. The highest BCUT2D eigenvalue weighted by Crippen LogP contribution is 2.29. The van der Waals surface area contributed by atoms with E-state index in [1.165, 1.54) is 29.2 Å². The minimum Gasteiger partial charge on any atom is -0.354 e. The average Bonchev–Trinajstić information content (AvgIpc) is 3.02. The van der Waals surface area contributed by atoms with E-state index in [1.54, 1.807) is 49.4 Å². The van der Waals surface area contributed by atoms with E-state index in [9.17, 15) is 18.0 Å². The molecule has 0 unspecified atom stereocenters. The fourth-order valence-corrected chi connectivity index (χ4v) is 6.92. The number of carbonyl (C=O) groups excluding carboxylic acids is 2. The van der Waals surface area contributed by atoms with Gasteiger partial charge in [0.1, 0.15) is 12.6 Å². The number of aryl methyl sites for hydroxylation is 1. The summed E-state index contributed by atoms with van der Waals surface area (Å²) in [4.78, 5) is 29.6. The highest BCUT2D eigenvalue weighted by molar-refractivity contribution is 7.92. The number of anilines is 1. The summed E-state index contributed by atoms with van der Waals surface area (Å²) in [5.41, 5.74) is 2.37. The molecule has 0 saturated carbocycles. The first kappa shape index (κ1) is 34.3. The molecular formula is C34H34Cl3N3O4S. The molecule has 0 aromatic heterocycles. The Hall–Kier alpha value is -3.56. The minimum atomic E-state index is -4.24. The van der Waals surface area contributed by atoms with Crippen LogP contribution in [0, 0.1) is 6.92 Å². The van der Waals surface area contributed by atoms with Gasteiger partial charge in [0, 0.05) is 34.6 Å². The largest absolute Gasteiger partial charge is 0.354 e. The quantitative estimate of drug-likeness (QED) is 0.160. The van der Waals surface area contributed by atoms with Gasteiger partial charge < -0.3 is 10.2 Å². The third-order valence-corrected chi connectivity index (χ3v) is 9.85. The van der Waals surface area contributed by atoms with Crippen LogP contribution < -0.4 is 9.62 Å². The van der Waals surface area contributed by atoms with Gasteiger partial charge >= 0.3 is 0 Å². The van der Waals surface area contributed by atoms with Crippen molar-refractivity contribution in [1.82, 2.24) is 10.2 Å². The SMILES string of the molecule is CCCNC(=O)[C@H](Cc1ccccc1)N(Cc1ccc(Cl)cc1Cl)C(=O)CN(c1ccccc1C)S(=O)(=O)c1ccc(Cl)cc1. The van der Waals surface area contributed by atoms with Crippen LogP contribution in [0.1, 0.15) is 30.0 Å². The summed E-state index contributed by atoms with van der Waals surface area (Å²) < 4.78 is 29.4. The minimum absolute atomic E-state index is 0.0308. The maximum absolute atomic E-state index is 14.5. The molecular weight excluding hydrogens is 653 g/mol. The average molecular weight is 687 g/mol. The Morgan fingerprint density at radius 3 is 2.13 bits per heavy atom. The highest BCUT2D eigenvalue weighted by Gasteiger charge is 2.35. The summed E-state index contributed by atoms with van der Waals surface area (Å²) in [6.45, 7) is 3.48. The van der Waals surface area contributed by atoms with Crippen LogP contribution in [0.15, 0.2) is 102 Å². The van der Waals surface area contributed by atoms with Crippen LogP contribution in [0.4, 0.5) is 5.69 Å². The van der Waals surface area contributed by atoms with Crippen LogP contribution >= 0.6 is 34.8 Å². The van der Waals surface area contributed by atoms with E-state index in [0.717, 1.165) is 9.87 Å². The molecule has 0 saturated heterocycles. The Morgan fingerprint density at radius 2 is 1.49 bits per heavy atom. The molecule has 45 heavy (non-hydrogen) atoms. The lowest BCUT2D eigenvalue weighted by atomic mass is 10.0. The lowest BCUT2D eigenvalue weighted by Gasteiger charge is -2.34. The molecule has 1 atom stereocenters. The van der Waals surface area contributed by atoms with Crippen molar-refractivity contribution < 1.29 is 18.0 Å². The van der Waals surface area contributed by atoms with Crippen LogP contribution in [0.2, 0.25) is 15.1 Å². The number of rotatable bonds is 13. The number of nitrogens with one attached hydrogen (secondary N) is 1. The van der Waals surface area contributed by atoms with Crippen LogP contribution in [0.25, 0.3) is 0 Å². The predicted molar refractivity (Wildman–Crippen MR) is 181 cm³/mol. The lowest BCUT2D eigenvalue weighted by Crippen LogP contribution is -2.53. The molecule has 1 N–H and O–H groups in total. The molecule has 0 spiro atoms. The van der Waals surface area contributed by atoms with Crippen molar-refractivity contribution in [1.29, 1.82) is 0 Å². The number of benzene rings is 4. The van der Waals surface area contributed by atoms with Gasteiger partial charge in [-0.3, -0.25) is 13.9 Å². The van der Waals surface area contributed by atoms with Crippen LogP contribution in [0.5, 0.6) is 0 Å². The summed E-state index contributed by atoms with van der Waals surface area (Å²) in [5.74, 6) is -0.948. The second kappa shape index (κ2) is 15.6. The van der Waals surface area contributed by atoms with E-state index in [4.69, 9.17) is 34.8 Å². The van der Waals surface area contributed by atoms with E-state index in [1.807, 2.05) is 37.3 Å². The maximum atomic E-state index is 14.5. The standard InChI is InChI=1S/C34H34Cl3N3O4S/c1-3-19-38-34(42)32(20-25-10-5-4-6-11-25)39(22-26-13-14-28(36)21-30(26)37)33(41)23-40(31-12-8-7-9-24(31)2)45(43,44)29-17-15-27(35)16-18-29/h4-18,21,32H,3,19-20,22-23H2,1-2H3,(H,38,42)/t32-/m0/s1. The first-order valence-electron chi connectivity index (χ1n) is 14.4. The maximum Gasteiger partial charge on any atom is 0.264 e. The Kier molecular flexibility index (Phi) is 11.9. The van der Waals surface area contributed by atoms with Gasteiger partial charge in [-0.25, -0.2) is 8.42 Å². The van der Waals surface area contributed by atoms with Crippen LogP contribution in [-0.2, 0) is 32.6 Å². The van der Waals surface area contributed by atoms with Crippen molar-refractivity contribution in [2.24, 2.45) is 0 Å². The molecule has 0 aliphatic rings. The molecule has 11 heteroatoms. The number of sulfonamides is 1. The lowest BCUT2D eigenvalue weighted by molar-refractivity contribution is -0.140. The number of hydrogen-bond acceptors (Lipinski definition) is 4. The van der Waals surface area contributed by atoms with Crippen molar-refractivity contribution in [2.75, 3.05) is 17.4 Å². The molecule has 0 heterocycles. The molecule has 4 rings (SSSR count). The molecule has 2 amide bonds. The molecule has 7 nitrogen and oxygen atoms in total. The summed E-state index contributed by atoms with van der Waals surface area (Å²) in [6, 6.07) is 25.9. The van der Waals surface area contributed by atoms with E-state index in [2.05, 4.69) is 5.32 Å². The third kappa shape index (κ3) is 8.79. The fourth-order valence-electron chi connectivity index (χ4n) is 4.84. The zero-order valence-corrected chi connectivity index (χ0v) is 28.0. The summed E-state index contributed by atoms with van der Waals surface area (Å²) >= 11 is 18.8. The summed E-state index contributed by atoms with van der Waals surface area (Å²) in [5, 5.41) is 4.03. The summed E-state index contributed by atoms with van der Waals surface area (Å²) in [7, 11) is -4.24. The Balaban J connectivity index is 1.82. The molecule has 0 bridgehead atoms. The predicted octanol–water partition coefficient (Wildman–Crippen LogP) is 7.32. The fraction of sp³-hybridized carbons (Fsp3) is 0.235. The second-order valence-electron chi connectivity index (χ2n) is 10.5. The van der Waals surface area contributed by atoms with Crippen molar-refractivity contribution in [3.05, 3.63) is 129 Å². The van der Waals surface area contributed by atoms with E-state index >= 15 is 0 Å². The first-order valence-corrected chi connectivity index (χ1v) is 17.0. The number of hydrogen-bond donors (Lipinski definition) is 1. The van der Waals surface area contributed by atoms with Gasteiger partial charge in [-0.1, -0.05) is 96.3 Å². The van der Waals surface area contributed by atoms with Crippen molar-refractivity contribution >= 4 is 62.3 Å². The molecule has 0 radical (unpaired) electrons. The number of amides is 2. The molecule has 4 aromatic carbocycles. The van der Waals surface area contributed by atoms with Crippen LogP contribution in [-0.4, -0.2) is 44.3 Å². The number of para-hydroxylation sites is 1. The Labute approximate surface area is 279 Å². The Morgan fingerprint density at radius 1 is 0.844 bits per heavy atom. The molecule has 0 fully saturated rings. The van der Waals surface area contributed by atoms with Gasteiger partial charge in [-0.05, 0) is 72.5 Å². The molecule has 0 aliphatic heterocycles. The monoisotopic (exact) mass is 685 g/mol. The topological polar surface area (TPSA) is 86.8 Å². The van der Waals surface area contributed by atoms with Crippen molar-refractivity contribution in [3.63, 3.8) is 0 Å².